The molecule has 0 atom stereocenters. The molecular formula is C13H13NO2. The van der Waals surface area contributed by atoms with Crippen molar-refractivity contribution in [3.63, 3.8) is 0 Å². The summed E-state index contributed by atoms with van der Waals surface area (Å²) in [6, 6.07) is 6.14. The van der Waals surface area contributed by atoms with Gasteiger partial charge in [0.1, 0.15) is 0 Å². The van der Waals surface area contributed by atoms with E-state index in [0.717, 1.165) is 24.8 Å². The molecule has 0 aliphatic carbocycles. The van der Waals surface area contributed by atoms with Gasteiger partial charge in [0.2, 0.25) is 0 Å². The fourth-order valence-corrected chi connectivity index (χ4v) is 2.53. The summed E-state index contributed by atoms with van der Waals surface area (Å²) >= 11 is 0. The molecule has 2 aromatic rings. The van der Waals surface area contributed by atoms with E-state index >= 15 is 0 Å². The number of rotatable bonds is 1. The Labute approximate surface area is 93.6 Å². The van der Waals surface area contributed by atoms with Gasteiger partial charge < -0.3 is 9.30 Å². The van der Waals surface area contributed by atoms with Crippen molar-refractivity contribution < 1.29 is 9.53 Å². The topological polar surface area (TPSA) is 31.2 Å². The third-order valence-corrected chi connectivity index (χ3v) is 3.23. The van der Waals surface area contributed by atoms with Gasteiger partial charge in [-0.05, 0) is 18.4 Å². The Bertz CT molecular complexity index is 569. The summed E-state index contributed by atoms with van der Waals surface area (Å²) in [6.07, 6.45) is 4.16. The molecule has 1 aliphatic heterocycles. The zero-order valence-corrected chi connectivity index (χ0v) is 9.19. The van der Waals surface area contributed by atoms with Gasteiger partial charge in [-0.1, -0.05) is 18.2 Å². The maximum atomic E-state index is 11.7. The number of ether oxygens (including phenoxy) is 1. The Balaban J connectivity index is 2.34. The molecule has 82 valence electrons. The Morgan fingerprint density at radius 3 is 3.12 bits per heavy atom. The van der Waals surface area contributed by atoms with Gasteiger partial charge in [-0.25, -0.2) is 4.79 Å². The number of hydrogen-bond donors (Lipinski definition) is 0. The summed E-state index contributed by atoms with van der Waals surface area (Å²) < 4.78 is 6.98. The maximum Gasteiger partial charge on any atom is 0.340 e. The van der Waals surface area contributed by atoms with Crippen molar-refractivity contribution in [1.29, 1.82) is 0 Å². The molecule has 0 radical (unpaired) electrons. The van der Waals surface area contributed by atoms with Crippen LogP contribution in [0.15, 0.2) is 24.4 Å². The molecule has 3 rings (SSSR count). The van der Waals surface area contributed by atoms with Gasteiger partial charge in [0.15, 0.2) is 0 Å². The lowest BCUT2D eigenvalue weighted by molar-refractivity contribution is 0.0602. The summed E-state index contributed by atoms with van der Waals surface area (Å²) in [6.45, 7) is 0.991. The number of carbonyl (C=O) groups is 1. The van der Waals surface area contributed by atoms with Gasteiger partial charge in [-0.2, -0.15) is 0 Å². The van der Waals surface area contributed by atoms with Crippen molar-refractivity contribution >= 4 is 16.9 Å². The van der Waals surface area contributed by atoms with Crippen LogP contribution in [0.4, 0.5) is 0 Å². The normalized spacial score (nSPS) is 14.1. The predicted octanol–water partition coefficient (Wildman–Crippen LogP) is 2.37. The number of esters is 1. The largest absolute Gasteiger partial charge is 0.465 e. The molecule has 0 bridgehead atoms. The number of aromatic nitrogens is 1. The van der Waals surface area contributed by atoms with Gasteiger partial charge in [-0.3, -0.25) is 0 Å². The second-order valence-electron chi connectivity index (χ2n) is 4.14. The van der Waals surface area contributed by atoms with Crippen molar-refractivity contribution in [1.82, 2.24) is 4.57 Å². The summed E-state index contributed by atoms with van der Waals surface area (Å²) in [5.74, 6) is -0.247. The average molecular weight is 215 g/mol. The molecule has 3 nitrogen and oxygen atoms in total. The molecule has 2 heterocycles. The molecule has 0 unspecified atom stereocenters. The van der Waals surface area contributed by atoms with E-state index < -0.39 is 0 Å². The molecule has 0 saturated carbocycles. The summed E-state index contributed by atoms with van der Waals surface area (Å²) in [4.78, 5) is 11.7. The summed E-state index contributed by atoms with van der Waals surface area (Å²) in [7, 11) is 1.43. The lowest BCUT2D eigenvalue weighted by Crippen LogP contribution is -2.05. The van der Waals surface area contributed by atoms with Crippen molar-refractivity contribution in [2.45, 2.75) is 19.4 Å². The van der Waals surface area contributed by atoms with E-state index in [0.29, 0.717) is 5.56 Å². The van der Waals surface area contributed by atoms with Gasteiger partial charge in [0.25, 0.3) is 0 Å². The number of methoxy groups -OCH3 is 1. The van der Waals surface area contributed by atoms with Crippen LogP contribution < -0.4 is 0 Å². The Kier molecular flexibility index (Phi) is 1.99. The molecule has 0 amide bonds. The predicted molar refractivity (Wildman–Crippen MR) is 61.6 cm³/mol. The quantitative estimate of drug-likeness (QED) is 0.684. The smallest absolute Gasteiger partial charge is 0.340 e. The first-order valence-electron chi connectivity index (χ1n) is 5.50. The summed E-state index contributed by atoms with van der Waals surface area (Å²) in [5.41, 5.74) is 3.22. The highest BCUT2D eigenvalue weighted by Gasteiger charge is 2.19. The van der Waals surface area contributed by atoms with E-state index in [9.17, 15) is 4.79 Å². The van der Waals surface area contributed by atoms with Crippen molar-refractivity contribution in [3.8, 4) is 0 Å². The molecule has 0 saturated heterocycles. The number of para-hydroxylation sites is 1. The average Bonchev–Trinajstić information content (AvgIpc) is 2.70. The van der Waals surface area contributed by atoms with Gasteiger partial charge in [0, 0.05) is 18.1 Å². The Morgan fingerprint density at radius 2 is 2.31 bits per heavy atom. The number of nitrogens with zero attached hydrogens (tertiary/aromatic N) is 1. The lowest BCUT2D eigenvalue weighted by atomic mass is 10.0. The molecule has 16 heavy (non-hydrogen) atoms. The molecule has 0 spiro atoms. The first kappa shape index (κ1) is 9.46. The van der Waals surface area contributed by atoms with Crippen LogP contribution in [-0.4, -0.2) is 17.6 Å². The Hall–Kier alpha value is -1.77. The maximum absolute atomic E-state index is 11.7. The first-order chi connectivity index (χ1) is 7.81. The van der Waals surface area contributed by atoms with Gasteiger partial charge in [-0.15, -0.1) is 0 Å². The van der Waals surface area contributed by atoms with Gasteiger partial charge in [0.05, 0.1) is 18.2 Å². The van der Waals surface area contributed by atoms with Gasteiger partial charge >= 0.3 is 5.97 Å². The molecule has 1 aromatic carbocycles. The van der Waals surface area contributed by atoms with E-state index in [1.165, 1.54) is 18.2 Å². The van der Waals surface area contributed by atoms with Crippen LogP contribution in [0.3, 0.4) is 0 Å². The lowest BCUT2D eigenvalue weighted by Gasteiger charge is -2.14. The highest BCUT2D eigenvalue weighted by atomic mass is 16.5. The molecule has 1 aliphatic rings. The fraction of sp³-hybridized carbons (Fsp3) is 0.308. The second kappa shape index (κ2) is 3.37. The van der Waals surface area contributed by atoms with Crippen LogP contribution in [0, 0.1) is 0 Å². The van der Waals surface area contributed by atoms with E-state index in [-0.39, 0.29) is 5.97 Å². The van der Waals surface area contributed by atoms with Crippen LogP contribution >= 0.6 is 0 Å². The Morgan fingerprint density at radius 1 is 1.44 bits per heavy atom. The second-order valence-corrected chi connectivity index (χ2v) is 4.14. The standard InChI is InChI=1S/C13H13NO2/c1-16-13(15)11-8-14-7-3-5-9-4-2-6-10(11)12(9)14/h2,4,6,8H,3,5,7H2,1H3. The highest BCUT2D eigenvalue weighted by molar-refractivity contribution is 6.05. The van der Waals surface area contributed by atoms with Crippen LogP contribution in [0.5, 0.6) is 0 Å². The number of carbonyl (C=O) groups excluding carboxylic acids is 1. The SMILES string of the molecule is COC(=O)c1cn2c3c(cccc13)CCC2. The molecule has 0 N–H and O–H groups in total. The highest BCUT2D eigenvalue weighted by Crippen LogP contribution is 2.29. The molecular weight excluding hydrogens is 202 g/mol. The monoisotopic (exact) mass is 215 g/mol. The zero-order valence-electron chi connectivity index (χ0n) is 9.19. The van der Waals surface area contributed by atoms with Crippen molar-refractivity contribution in [2.24, 2.45) is 0 Å². The molecule has 1 aromatic heterocycles. The minimum Gasteiger partial charge on any atom is -0.465 e. The number of hydrogen-bond acceptors (Lipinski definition) is 2. The number of aryl methyl sites for hydroxylation is 2. The van der Waals surface area contributed by atoms with Crippen LogP contribution in [0.25, 0.3) is 10.9 Å². The third kappa shape index (κ3) is 1.18. The third-order valence-electron chi connectivity index (χ3n) is 3.23. The van der Waals surface area contributed by atoms with E-state index in [2.05, 4.69) is 10.6 Å². The van der Waals surface area contributed by atoms with E-state index in [1.807, 2.05) is 18.3 Å². The van der Waals surface area contributed by atoms with Crippen LogP contribution in [-0.2, 0) is 17.7 Å². The van der Waals surface area contributed by atoms with E-state index in [1.54, 1.807) is 0 Å². The fourth-order valence-electron chi connectivity index (χ4n) is 2.53. The summed E-state index contributed by atoms with van der Waals surface area (Å²) in [5, 5.41) is 1.02. The van der Waals surface area contributed by atoms with Crippen LogP contribution in [0.2, 0.25) is 0 Å². The van der Waals surface area contributed by atoms with E-state index in [4.69, 9.17) is 4.74 Å². The molecule has 0 fully saturated rings. The first-order valence-corrected chi connectivity index (χ1v) is 5.50. The zero-order chi connectivity index (χ0) is 11.1. The minimum absolute atomic E-state index is 0.247. The van der Waals surface area contributed by atoms with Crippen LogP contribution in [0.1, 0.15) is 22.3 Å². The minimum atomic E-state index is -0.247. The van der Waals surface area contributed by atoms with Crippen molar-refractivity contribution in [3.05, 3.63) is 35.5 Å². The number of benzene rings is 1. The van der Waals surface area contributed by atoms with Crippen molar-refractivity contribution in [2.75, 3.05) is 7.11 Å². The molecule has 3 heteroatoms.